The molecule has 8 heteroatoms. The SMILES string of the molecule is CN1C(=O)c2ccc(NCC3CCC(NS(=O)(=O)C(C)(C)C)CC3)cc2C1=O. The first-order valence-corrected chi connectivity index (χ1v) is 11.2. The van der Waals surface area contributed by atoms with E-state index in [2.05, 4.69) is 10.0 Å². The number of rotatable bonds is 5. The van der Waals surface area contributed by atoms with Crippen molar-refractivity contribution in [2.24, 2.45) is 5.92 Å². The lowest BCUT2D eigenvalue weighted by Crippen LogP contribution is -2.46. The van der Waals surface area contributed by atoms with Gasteiger partial charge in [0.15, 0.2) is 0 Å². The standard InChI is InChI=1S/C20H29N3O4S/c1-20(2,3)28(26,27)22-14-7-5-13(6-8-14)12-21-15-9-10-16-17(11-15)19(25)23(4)18(16)24/h9-11,13-14,21-22H,5-8,12H2,1-4H3. The predicted octanol–water partition coefficient (Wildman–Crippen LogP) is 2.60. The van der Waals surface area contributed by atoms with Crippen molar-refractivity contribution in [3.8, 4) is 0 Å². The summed E-state index contributed by atoms with van der Waals surface area (Å²) in [5, 5.41) is 3.36. The van der Waals surface area contributed by atoms with Gasteiger partial charge in [-0.25, -0.2) is 13.1 Å². The van der Waals surface area contributed by atoms with Gasteiger partial charge in [-0.15, -0.1) is 0 Å². The first kappa shape index (κ1) is 20.8. The second-order valence-corrected chi connectivity index (χ2v) is 11.2. The lowest BCUT2D eigenvalue weighted by atomic mass is 9.86. The van der Waals surface area contributed by atoms with Gasteiger partial charge in [-0.2, -0.15) is 0 Å². The number of imide groups is 1. The Labute approximate surface area is 166 Å². The van der Waals surface area contributed by atoms with E-state index < -0.39 is 14.8 Å². The third kappa shape index (κ3) is 4.07. The maximum Gasteiger partial charge on any atom is 0.261 e. The molecule has 1 aliphatic carbocycles. The highest BCUT2D eigenvalue weighted by Crippen LogP contribution is 2.28. The second kappa shape index (κ2) is 7.48. The van der Waals surface area contributed by atoms with Crippen LogP contribution in [-0.2, 0) is 10.0 Å². The van der Waals surface area contributed by atoms with Crippen LogP contribution >= 0.6 is 0 Å². The molecule has 154 valence electrons. The summed E-state index contributed by atoms with van der Waals surface area (Å²) in [4.78, 5) is 25.2. The highest BCUT2D eigenvalue weighted by atomic mass is 32.2. The molecular weight excluding hydrogens is 378 g/mol. The lowest BCUT2D eigenvalue weighted by Gasteiger charge is -2.31. The third-order valence-corrected chi connectivity index (χ3v) is 7.92. The fourth-order valence-corrected chi connectivity index (χ4v) is 4.64. The maximum absolute atomic E-state index is 12.3. The van der Waals surface area contributed by atoms with Gasteiger partial charge in [0.2, 0.25) is 10.0 Å². The molecular formula is C20H29N3O4S. The van der Waals surface area contributed by atoms with Crippen LogP contribution in [0.4, 0.5) is 5.69 Å². The van der Waals surface area contributed by atoms with E-state index in [0.29, 0.717) is 17.0 Å². The summed E-state index contributed by atoms with van der Waals surface area (Å²) in [7, 11) is -1.83. The average Bonchev–Trinajstić information content (AvgIpc) is 2.84. The normalized spacial score (nSPS) is 23.1. The zero-order valence-corrected chi connectivity index (χ0v) is 17.7. The number of hydrogen-bond acceptors (Lipinski definition) is 5. The van der Waals surface area contributed by atoms with Crippen LogP contribution in [0.1, 0.15) is 67.2 Å². The molecule has 1 heterocycles. The predicted molar refractivity (Wildman–Crippen MR) is 109 cm³/mol. The van der Waals surface area contributed by atoms with Crippen molar-refractivity contribution in [3.05, 3.63) is 29.3 Å². The van der Waals surface area contributed by atoms with Crippen LogP contribution in [0.2, 0.25) is 0 Å². The number of anilines is 1. The molecule has 0 aromatic heterocycles. The van der Waals surface area contributed by atoms with E-state index in [-0.39, 0.29) is 17.9 Å². The van der Waals surface area contributed by atoms with Crippen molar-refractivity contribution in [2.45, 2.75) is 57.2 Å². The minimum Gasteiger partial charge on any atom is -0.385 e. The van der Waals surface area contributed by atoms with Crippen LogP contribution in [0.15, 0.2) is 18.2 Å². The molecule has 3 rings (SSSR count). The Morgan fingerprint density at radius 3 is 2.25 bits per heavy atom. The second-order valence-electron chi connectivity index (χ2n) is 8.76. The number of hydrogen-bond donors (Lipinski definition) is 2. The molecule has 0 atom stereocenters. The summed E-state index contributed by atoms with van der Waals surface area (Å²) in [6, 6.07) is 5.26. The molecule has 2 N–H and O–H groups in total. The molecule has 1 aliphatic heterocycles. The summed E-state index contributed by atoms with van der Waals surface area (Å²) in [5.41, 5.74) is 1.72. The molecule has 1 fully saturated rings. The zero-order valence-electron chi connectivity index (χ0n) is 16.9. The summed E-state index contributed by atoms with van der Waals surface area (Å²) < 4.78 is 26.6. The van der Waals surface area contributed by atoms with E-state index in [9.17, 15) is 18.0 Å². The Hall–Kier alpha value is -1.93. The topological polar surface area (TPSA) is 95.6 Å². The molecule has 2 amide bonds. The number of sulfonamides is 1. The van der Waals surface area contributed by atoms with Gasteiger partial charge in [0.1, 0.15) is 0 Å². The number of benzene rings is 1. The van der Waals surface area contributed by atoms with Crippen LogP contribution in [0, 0.1) is 5.92 Å². The van der Waals surface area contributed by atoms with Gasteiger partial charge < -0.3 is 5.32 Å². The minimum absolute atomic E-state index is 0.000333. The third-order valence-electron chi connectivity index (χ3n) is 5.66. The molecule has 0 bridgehead atoms. The summed E-state index contributed by atoms with van der Waals surface area (Å²) in [6.45, 7) is 5.88. The molecule has 1 aromatic rings. The number of carbonyl (C=O) groups excluding carboxylic acids is 2. The Kier molecular flexibility index (Phi) is 5.55. The Morgan fingerprint density at radius 2 is 1.64 bits per heavy atom. The van der Waals surface area contributed by atoms with Crippen molar-refractivity contribution in [2.75, 3.05) is 18.9 Å². The van der Waals surface area contributed by atoms with Crippen molar-refractivity contribution in [1.29, 1.82) is 0 Å². The molecule has 1 aromatic carbocycles. The number of nitrogens with one attached hydrogen (secondary N) is 2. The Bertz CT molecular complexity index is 881. The molecule has 7 nitrogen and oxygen atoms in total. The van der Waals surface area contributed by atoms with Crippen LogP contribution < -0.4 is 10.0 Å². The van der Waals surface area contributed by atoms with Gasteiger partial charge in [0.25, 0.3) is 11.8 Å². The van der Waals surface area contributed by atoms with Crippen molar-refractivity contribution in [1.82, 2.24) is 9.62 Å². The van der Waals surface area contributed by atoms with Crippen LogP contribution in [0.25, 0.3) is 0 Å². The van der Waals surface area contributed by atoms with Gasteiger partial charge in [0.05, 0.1) is 15.9 Å². The lowest BCUT2D eigenvalue weighted by molar-refractivity contribution is 0.0693. The van der Waals surface area contributed by atoms with Gasteiger partial charge in [-0.1, -0.05) is 0 Å². The Morgan fingerprint density at radius 1 is 1.04 bits per heavy atom. The molecule has 0 saturated heterocycles. The van der Waals surface area contributed by atoms with E-state index >= 15 is 0 Å². The van der Waals surface area contributed by atoms with E-state index in [4.69, 9.17) is 0 Å². The molecule has 28 heavy (non-hydrogen) atoms. The van der Waals surface area contributed by atoms with E-state index in [0.717, 1.165) is 42.8 Å². The fraction of sp³-hybridized carbons (Fsp3) is 0.600. The van der Waals surface area contributed by atoms with E-state index in [1.807, 2.05) is 6.07 Å². The highest BCUT2D eigenvalue weighted by molar-refractivity contribution is 7.90. The largest absolute Gasteiger partial charge is 0.385 e. The monoisotopic (exact) mass is 407 g/mol. The molecule has 2 aliphatic rings. The van der Waals surface area contributed by atoms with Crippen LogP contribution in [0.5, 0.6) is 0 Å². The summed E-state index contributed by atoms with van der Waals surface area (Å²) in [6.07, 6.45) is 3.53. The first-order chi connectivity index (χ1) is 13.0. The van der Waals surface area contributed by atoms with E-state index in [1.165, 1.54) is 7.05 Å². The molecule has 0 unspecified atom stereocenters. The number of amides is 2. The van der Waals surface area contributed by atoms with Crippen molar-refractivity contribution in [3.63, 3.8) is 0 Å². The van der Waals surface area contributed by atoms with Gasteiger partial charge >= 0.3 is 0 Å². The quantitative estimate of drug-likeness (QED) is 0.732. The Balaban J connectivity index is 1.52. The van der Waals surface area contributed by atoms with Crippen LogP contribution in [-0.4, -0.2) is 49.5 Å². The van der Waals surface area contributed by atoms with Gasteiger partial charge in [-0.05, 0) is 70.6 Å². The van der Waals surface area contributed by atoms with Gasteiger partial charge in [-0.3, -0.25) is 14.5 Å². The zero-order chi connectivity index (χ0) is 20.7. The molecule has 0 radical (unpaired) electrons. The summed E-state index contributed by atoms with van der Waals surface area (Å²) >= 11 is 0. The van der Waals surface area contributed by atoms with Gasteiger partial charge in [0, 0.05) is 25.3 Å². The maximum atomic E-state index is 12.3. The number of carbonyl (C=O) groups is 2. The number of nitrogens with zero attached hydrogens (tertiary/aromatic N) is 1. The first-order valence-electron chi connectivity index (χ1n) is 9.72. The highest BCUT2D eigenvalue weighted by Gasteiger charge is 2.34. The van der Waals surface area contributed by atoms with Crippen molar-refractivity contribution >= 4 is 27.5 Å². The van der Waals surface area contributed by atoms with Crippen LogP contribution in [0.3, 0.4) is 0 Å². The summed E-state index contributed by atoms with van der Waals surface area (Å²) in [5.74, 6) is -0.0819. The fourth-order valence-electron chi connectivity index (χ4n) is 3.61. The molecule has 0 spiro atoms. The molecule has 1 saturated carbocycles. The number of fused-ring (bicyclic) bond motifs is 1. The smallest absolute Gasteiger partial charge is 0.261 e. The van der Waals surface area contributed by atoms with E-state index in [1.54, 1.807) is 32.9 Å². The average molecular weight is 408 g/mol. The minimum atomic E-state index is -3.32. The van der Waals surface area contributed by atoms with Crippen molar-refractivity contribution < 1.29 is 18.0 Å².